The molecule has 0 saturated carbocycles. The van der Waals surface area contributed by atoms with Crippen molar-refractivity contribution in [3.8, 4) is 17.2 Å². The topological polar surface area (TPSA) is 77.4 Å². The molecule has 8 heteroatoms. The van der Waals surface area contributed by atoms with Gasteiger partial charge in [0, 0.05) is 6.07 Å². The summed E-state index contributed by atoms with van der Waals surface area (Å²) in [4.78, 5) is 10.4. The molecule has 1 aliphatic rings. The number of halogens is 1. The highest BCUT2D eigenvalue weighted by Crippen LogP contribution is 2.45. The third kappa shape index (κ3) is 2.16. The number of fused-ring (bicyclic) bond motifs is 1. The van der Waals surface area contributed by atoms with Gasteiger partial charge in [-0.1, -0.05) is 16.8 Å². The molecule has 0 fully saturated rings. The molecule has 1 aromatic carbocycles. The quantitative estimate of drug-likeness (QED) is 0.654. The van der Waals surface area contributed by atoms with Gasteiger partial charge in [-0.05, 0) is 0 Å². The van der Waals surface area contributed by atoms with E-state index in [1.165, 1.54) is 13.2 Å². The van der Waals surface area contributed by atoms with Gasteiger partial charge >= 0.3 is 7.12 Å². The van der Waals surface area contributed by atoms with E-state index in [9.17, 15) is 9.93 Å². The van der Waals surface area contributed by atoms with Gasteiger partial charge < -0.3 is 19.2 Å². The van der Waals surface area contributed by atoms with E-state index in [2.05, 4.69) is 5.18 Å². The first kappa shape index (κ1) is 12.0. The van der Waals surface area contributed by atoms with E-state index in [0.717, 1.165) is 0 Å². The van der Waals surface area contributed by atoms with Crippen LogP contribution < -0.4 is 14.1 Å². The van der Waals surface area contributed by atoms with Crippen LogP contribution in [-0.2, 0) is 6.54 Å². The molecule has 0 aliphatic carbocycles. The van der Waals surface area contributed by atoms with Gasteiger partial charge in [0.2, 0.25) is 0 Å². The first-order valence-electron chi connectivity index (χ1n) is 4.83. The zero-order valence-electron chi connectivity index (χ0n) is 8.97. The molecule has 0 saturated heterocycles. The molecule has 17 heavy (non-hydrogen) atoms. The Morgan fingerprint density at radius 3 is 3.06 bits per heavy atom. The molecular formula is C9H9BClNO5. The minimum absolute atomic E-state index is 0.0208. The van der Waals surface area contributed by atoms with E-state index >= 15 is 0 Å². The van der Waals surface area contributed by atoms with Crippen LogP contribution in [0.5, 0.6) is 17.2 Å². The Morgan fingerprint density at radius 2 is 2.41 bits per heavy atom. The minimum atomic E-state index is -1.10. The summed E-state index contributed by atoms with van der Waals surface area (Å²) >= 11 is 5.97. The normalized spacial score (nSPS) is 13.5. The summed E-state index contributed by atoms with van der Waals surface area (Å²) in [6, 6.07) is 1.52. The second kappa shape index (κ2) is 4.81. The lowest BCUT2D eigenvalue weighted by Crippen LogP contribution is -2.34. The number of benzene rings is 1. The smallest absolute Gasteiger partial charge is 0.531 e. The number of nitroso groups, excluding NO2 is 1. The van der Waals surface area contributed by atoms with Crippen LogP contribution in [0.15, 0.2) is 11.2 Å². The van der Waals surface area contributed by atoms with Crippen molar-refractivity contribution in [3.63, 3.8) is 0 Å². The van der Waals surface area contributed by atoms with Crippen molar-refractivity contribution in [2.24, 2.45) is 5.18 Å². The number of hydrogen-bond acceptors (Lipinski definition) is 6. The predicted octanol–water partition coefficient (Wildman–Crippen LogP) is 1.41. The average molecular weight is 257 g/mol. The third-order valence-corrected chi connectivity index (χ3v) is 2.60. The van der Waals surface area contributed by atoms with Gasteiger partial charge in [-0.15, -0.1) is 0 Å². The largest absolute Gasteiger partial charge is 0.563 e. The second-order valence-corrected chi connectivity index (χ2v) is 3.78. The van der Waals surface area contributed by atoms with Crippen LogP contribution in [0.4, 0.5) is 0 Å². The maximum absolute atomic E-state index is 10.4. The highest BCUT2D eigenvalue weighted by Gasteiger charge is 2.31. The van der Waals surface area contributed by atoms with Crippen molar-refractivity contribution in [3.05, 3.63) is 21.6 Å². The van der Waals surface area contributed by atoms with E-state index in [0.29, 0.717) is 16.3 Å². The number of rotatable bonds is 3. The summed E-state index contributed by atoms with van der Waals surface area (Å²) in [5, 5.41) is 12.4. The van der Waals surface area contributed by atoms with Crippen LogP contribution in [0, 0.1) is 4.91 Å². The molecule has 2 rings (SSSR count). The summed E-state index contributed by atoms with van der Waals surface area (Å²) < 4.78 is 15.5. The summed E-state index contributed by atoms with van der Waals surface area (Å²) in [6.45, 7) is -0.175. The first-order valence-corrected chi connectivity index (χ1v) is 5.21. The van der Waals surface area contributed by atoms with Gasteiger partial charge in [-0.2, -0.15) is 4.91 Å². The van der Waals surface area contributed by atoms with Crippen LogP contribution in [-0.4, -0.2) is 25.8 Å². The molecule has 0 spiro atoms. The van der Waals surface area contributed by atoms with E-state index < -0.39 is 7.12 Å². The highest BCUT2D eigenvalue weighted by atomic mass is 35.5. The van der Waals surface area contributed by atoms with Crippen molar-refractivity contribution >= 4 is 18.7 Å². The average Bonchev–Trinajstić information content (AvgIpc) is 2.32. The molecule has 1 aromatic rings. The fourth-order valence-corrected chi connectivity index (χ4v) is 1.84. The zero-order chi connectivity index (χ0) is 12.4. The van der Waals surface area contributed by atoms with E-state index in [1.54, 1.807) is 0 Å². The van der Waals surface area contributed by atoms with Crippen molar-refractivity contribution < 1.29 is 19.2 Å². The Morgan fingerprint density at radius 1 is 1.65 bits per heavy atom. The molecule has 90 valence electrons. The molecule has 0 unspecified atom stereocenters. The maximum atomic E-state index is 10.4. The summed E-state index contributed by atoms with van der Waals surface area (Å²) in [6.07, 6.45) is 0. The fraction of sp³-hybridized carbons (Fsp3) is 0.333. The molecule has 0 radical (unpaired) electrons. The van der Waals surface area contributed by atoms with Crippen LogP contribution in [0.25, 0.3) is 0 Å². The van der Waals surface area contributed by atoms with Gasteiger partial charge in [0.25, 0.3) is 0 Å². The monoisotopic (exact) mass is 257 g/mol. The molecule has 0 atom stereocenters. The molecule has 0 amide bonds. The number of ether oxygens (including phenoxy) is 2. The molecule has 1 aliphatic heterocycles. The van der Waals surface area contributed by atoms with E-state index in [4.69, 9.17) is 25.7 Å². The highest BCUT2D eigenvalue weighted by molar-refractivity contribution is 6.44. The fourth-order valence-electron chi connectivity index (χ4n) is 1.61. The van der Waals surface area contributed by atoms with Gasteiger partial charge in [-0.25, -0.2) is 0 Å². The Labute approximate surface area is 103 Å². The Kier molecular flexibility index (Phi) is 3.39. The van der Waals surface area contributed by atoms with Crippen molar-refractivity contribution in [2.75, 3.05) is 13.6 Å². The molecule has 1 N–H and O–H groups in total. The van der Waals surface area contributed by atoms with Crippen molar-refractivity contribution in [1.82, 2.24) is 0 Å². The van der Waals surface area contributed by atoms with Crippen LogP contribution in [0.1, 0.15) is 5.56 Å². The standard InChI is InChI=1S/C9H9BClNO5/c1-15-7-2-6(11)9-8(5(7)3-12-14)17-10(13)4-16-9/h2,13H,3-4H2,1H3. The van der Waals surface area contributed by atoms with E-state index in [-0.39, 0.29) is 24.6 Å². The minimum Gasteiger partial charge on any atom is -0.531 e. The predicted molar refractivity (Wildman–Crippen MR) is 61.6 cm³/mol. The van der Waals surface area contributed by atoms with Gasteiger partial charge in [-0.3, -0.25) is 0 Å². The van der Waals surface area contributed by atoms with Crippen LogP contribution >= 0.6 is 11.6 Å². The molecule has 1 heterocycles. The lowest BCUT2D eigenvalue weighted by atomic mass is 9.91. The number of nitrogens with zero attached hydrogens (tertiary/aromatic N) is 1. The Hall–Kier alpha value is -1.47. The van der Waals surface area contributed by atoms with Crippen molar-refractivity contribution in [1.29, 1.82) is 0 Å². The number of hydrogen-bond donors (Lipinski definition) is 1. The van der Waals surface area contributed by atoms with Gasteiger partial charge in [0.05, 0.1) is 17.7 Å². The lowest BCUT2D eigenvalue weighted by Gasteiger charge is -2.24. The van der Waals surface area contributed by atoms with E-state index in [1.807, 2.05) is 0 Å². The summed E-state index contributed by atoms with van der Waals surface area (Å²) in [5.74, 6) is 0.857. The van der Waals surface area contributed by atoms with Gasteiger partial charge in [0.15, 0.2) is 11.5 Å². The third-order valence-electron chi connectivity index (χ3n) is 2.32. The van der Waals surface area contributed by atoms with Crippen LogP contribution in [0.3, 0.4) is 0 Å². The SMILES string of the molecule is COc1cc(Cl)c2c(c1CN=O)OB(O)CO2. The zero-order valence-corrected chi connectivity index (χ0v) is 9.73. The lowest BCUT2D eigenvalue weighted by molar-refractivity contribution is 0.268. The van der Waals surface area contributed by atoms with Gasteiger partial charge in [0.1, 0.15) is 18.8 Å². The summed E-state index contributed by atoms with van der Waals surface area (Å²) in [5.41, 5.74) is 0.403. The summed E-state index contributed by atoms with van der Waals surface area (Å²) in [7, 11) is 0.336. The molecule has 0 aromatic heterocycles. The molecule has 6 nitrogen and oxygen atoms in total. The number of methoxy groups -OCH3 is 1. The van der Waals surface area contributed by atoms with Crippen molar-refractivity contribution in [2.45, 2.75) is 6.54 Å². The second-order valence-electron chi connectivity index (χ2n) is 3.37. The molecular weight excluding hydrogens is 248 g/mol. The maximum Gasteiger partial charge on any atom is 0.563 e. The Balaban J connectivity index is 2.57. The molecule has 0 bridgehead atoms. The first-order chi connectivity index (χ1) is 8.17. The Bertz CT molecular complexity index is 456. The van der Waals surface area contributed by atoms with Crippen LogP contribution in [0.2, 0.25) is 5.02 Å².